The Kier molecular flexibility index (Phi) is 11.4. The molecule has 3 fully saturated rings. The van der Waals surface area contributed by atoms with Crippen molar-refractivity contribution in [3.05, 3.63) is 46.3 Å². The summed E-state index contributed by atoms with van der Waals surface area (Å²) in [5, 5.41) is 14.4. The van der Waals surface area contributed by atoms with Crippen molar-refractivity contribution in [2.45, 2.75) is 134 Å². The van der Waals surface area contributed by atoms with Gasteiger partial charge in [0.2, 0.25) is 0 Å². The van der Waals surface area contributed by atoms with Gasteiger partial charge in [-0.3, -0.25) is 0 Å². The molecular formula is C32H51BN4O3Si. The van der Waals surface area contributed by atoms with Crippen LogP contribution in [-0.2, 0) is 13.7 Å². The highest BCUT2D eigenvalue weighted by Crippen LogP contribution is 2.45. The van der Waals surface area contributed by atoms with Gasteiger partial charge in [-0.2, -0.15) is 5.26 Å². The van der Waals surface area contributed by atoms with Crippen LogP contribution in [0.3, 0.4) is 0 Å². The highest BCUT2D eigenvalue weighted by Gasteiger charge is 2.53. The van der Waals surface area contributed by atoms with Crippen LogP contribution in [0.15, 0.2) is 35.4 Å². The van der Waals surface area contributed by atoms with Crippen LogP contribution in [-0.4, -0.2) is 40.3 Å². The number of azide groups is 1. The number of hydrogen-bond donors (Lipinski definition) is 0. The highest BCUT2D eigenvalue weighted by atomic mass is 28.4. The molecule has 0 amide bonds. The third-order valence-corrected chi connectivity index (χ3v) is 15.0. The molecule has 41 heavy (non-hydrogen) atoms. The van der Waals surface area contributed by atoms with Gasteiger partial charge in [0.25, 0.3) is 0 Å². The number of nitrogens with zero attached hydrogens (tertiary/aromatic N) is 4. The standard InChI is InChI=1S/C32H51BN4O3Si/c1-32(2,3)41(4,5)38-23-28(36-37-35)27(21-22-34)29(24-15-9-6-10-16-24)33-39-30(25-17-11-7-12-18-25)31(40-33)26-19-13-8-14-20-26/h6,9-10,15-16,25-31H,7-8,11-14,17-21,23H2,1-5H3/t27-,28+,29+,30-,31-/m0/s1. The van der Waals surface area contributed by atoms with Crippen LogP contribution in [0.2, 0.25) is 18.1 Å². The molecule has 0 radical (unpaired) electrons. The molecule has 0 aromatic heterocycles. The molecule has 7 nitrogen and oxygen atoms in total. The first-order valence-corrected chi connectivity index (χ1v) is 19.0. The van der Waals surface area contributed by atoms with E-state index in [0.29, 0.717) is 18.4 Å². The number of nitriles is 1. The zero-order valence-corrected chi connectivity index (χ0v) is 27.0. The van der Waals surface area contributed by atoms with E-state index in [1.54, 1.807) is 0 Å². The first-order valence-electron chi connectivity index (χ1n) is 16.1. The average Bonchev–Trinajstić information content (AvgIpc) is 3.41. The normalized spacial score (nSPS) is 25.2. The van der Waals surface area contributed by atoms with Gasteiger partial charge < -0.3 is 13.7 Å². The lowest BCUT2D eigenvalue weighted by atomic mass is 9.59. The van der Waals surface area contributed by atoms with E-state index in [4.69, 9.17) is 13.7 Å². The minimum atomic E-state index is -2.11. The van der Waals surface area contributed by atoms with Gasteiger partial charge in [0.1, 0.15) is 0 Å². The zero-order valence-electron chi connectivity index (χ0n) is 26.0. The molecular weight excluding hydrogens is 527 g/mol. The zero-order chi connectivity index (χ0) is 29.5. The number of benzene rings is 1. The monoisotopic (exact) mass is 578 g/mol. The van der Waals surface area contributed by atoms with E-state index in [2.05, 4.69) is 62.1 Å². The molecule has 2 aliphatic carbocycles. The molecule has 1 aromatic carbocycles. The van der Waals surface area contributed by atoms with E-state index < -0.39 is 21.5 Å². The van der Waals surface area contributed by atoms with Crippen LogP contribution in [0.4, 0.5) is 0 Å². The molecule has 224 valence electrons. The Morgan fingerprint density at radius 1 is 1.00 bits per heavy atom. The van der Waals surface area contributed by atoms with Gasteiger partial charge in [0.05, 0.1) is 24.3 Å². The molecule has 0 bridgehead atoms. The Morgan fingerprint density at radius 2 is 1.54 bits per heavy atom. The van der Waals surface area contributed by atoms with Crippen molar-refractivity contribution in [3.8, 4) is 6.07 Å². The van der Waals surface area contributed by atoms with Gasteiger partial charge in [-0.1, -0.05) is 94.7 Å². The van der Waals surface area contributed by atoms with Crippen molar-refractivity contribution >= 4 is 15.4 Å². The minimum Gasteiger partial charge on any atom is -0.416 e. The Morgan fingerprint density at radius 3 is 2.00 bits per heavy atom. The van der Waals surface area contributed by atoms with Crippen molar-refractivity contribution in [1.82, 2.24) is 0 Å². The van der Waals surface area contributed by atoms with Crippen LogP contribution in [0, 0.1) is 29.1 Å². The summed E-state index contributed by atoms with van der Waals surface area (Å²) in [7, 11) is -2.59. The SMILES string of the molecule is CC(C)(C)[Si](C)(C)OC[C@@H](N=[N+]=[N-])[C@H](CC#N)[C@H](B1O[C@@H](C2CCCCC2)[C@H](C2CCCCC2)O1)c1ccccc1. The van der Waals surface area contributed by atoms with E-state index in [1.807, 2.05) is 18.2 Å². The summed E-state index contributed by atoms with van der Waals surface area (Å²) in [5.41, 5.74) is 10.7. The molecule has 1 aliphatic heterocycles. The Hall–Kier alpha value is -1.82. The lowest BCUT2D eigenvalue weighted by molar-refractivity contribution is 0.0324. The minimum absolute atomic E-state index is 0.0234. The maximum Gasteiger partial charge on any atom is 0.465 e. The molecule has 3 aliphatic rings. The fourth-order valence-electron chi connectivity index (χ4n) is 7.06. The summed E-state index contributed by atoms with van der Waals surface area (Å²) in [6.45, 7) is 11.3. The van der Waals surface area contributed by atoms with Gasteiger partial charge in [-0.15, -0.1) is 0 Å². The average molecular weight is 579 g/mol. The quantitative estimate of drug-likeness (QED) is 0.113. The van der Waals surface area contributed by atoms with Gasteiger partial charge >= 0.3 is 7.12 Å². The third-order valence-electron chi connectivity index (χ3n) is 10.5. The van der Waals surface area contributed by atoms with Crippen LogP contribution < -0.4 is 0 Å². The summed E-state index contributed by atoms with van der Waals surface area (Å²) in [5.74, 6) is 0.488. The molecule has 1 heterocycles. The molecule has 1 aromatic rings. The van der Waals surface area contributed by atoms with Crippen LogP contribution in [0.1, 0.15) is 103 Å². The van der Waals surface area contributed by atoms with Gasteiger partial charge in [0, 0.05) is 23.8 Å². The summed E-state index contributed by atoms with van der Waals surface area (Å²) in [6.07, 6.45) is 12.8. The molecule has 4 rings (SSSR count). The molecule has 2 saturated carbocycles. The summed E-state index contributed by atoms with van der Waals surface area (Å²) in [4.78, 5) is 3.25. The van der Waals surface area contributed by atoms with E-state index in [9.17, 15) is 10.8 Å². The second-order valence-corrected chi connectivity index (χ2v) is 19.0. The van der Waals surface area contributed by atoms with Crippen molar-refractivity contribution < 1.29 is 13.7 Å². The predicted molar refractivity (Wildman–Crippen MR) is 168 cm³/mol. The predicted octanol–water partition coefficient (Wildman–Crippen LogP) is 8.97. The second-order valence-electron chi connectivity index (χ2n) is 14.2. The topological polar surface area (TPSA) is 100 Å². The fourth-order valence-corrected chi connectivity index (χ4v) is 8.08. The highest BCUT2D eigenvalue weighted by molar-refractivity contribution is 6.74. The van der Waals surface area contributed by atoms with E-state index in [1.165, 1.54) is 64.2 Å². The number of hydrogen-bond acceptors (Lipinski definition) is 5. The van der Waals surface area contributed by atoms with Gasteiger partial charge in [0.15, 0.2) is 8.32 Å². The second kappa shape index (κ2) is 14.6. The van der Waals surface area contributed by atoms with Gasteiger partial charge in [-0.05, 0) is 72.7 Å². The van der Waals surface area contributed by atoms with Crippen LogP contribution in [0.25, 0.3) is 10.4 Å². The molecule has 0 unspecified atom stereocenters. The lowest BCUT2D eigenvalue weighted by Gasteiger charge is -2.38. The summed E-state index contributed by atoms with van der Waals surface area (Å²) in [6, 6.07) is 12.2. The van der Waals surface area contributed by atoms with Gasteiger partial charge in [-0.25, -0.2) is 0 Å². The number of rotatable bonds is 11. The van der Waals surface area contributed by atoms with Crippen molar-refractivity contribution in [2.75, 3.05) is 6.61 Å². The fraction of sp³-hybridized carbons (Fsp3) is 0.781. The molecule has 9 heteroatoms. The molecule has 0 N–H and O–H groups in total. The van der Waals surface area contributed by atoms with E-state index in [0.717, 1.165) is 5.56 Å². The maximum absolute atomic E-state index is 10.1. The summed E-state index contributed by atoms with van der Waals surface area (Å²) >= 11 is 0. The van der Waals surface area contributed by atoms with E-state index in [-0.39, 0.29) is 35.4 Å². The summed E-state index contributed by atoms with van der Waals surface area (Å²) < 4.78 is 20.7. The first-order chi connectivity index (χ1) is 19.7. The van der Waals surface area contributed by atoms with Crippen LogP contribution >= 0.6 is 0 Å². The molecule has 5 atom stereocenters. The third kappa shape index (κ3) is 7.97. The largest absolute Gasteiger partial charge is 0.465 e. The Balaban J connectivity index is 1.68. The Labute approximate surface area is 249 Å². The van der Waals surface area contributed by atoms with Crippen molar-refractivity contribution in [3.63, 3.8) is 0 Å². The Bertz CT molecular complexity index is 1020. The molecule has 0 spiro atoms. The molecule has 1 saturated heterocycles. The maximum atomic E-state index is 10.1. The smallest absolute Gasteiger partial charge is 0.416 e. The van der Waals surface area contributed by atoms with Crippen LogP contribution in [0.5, 0.6) is 0 Å². The lowest BCUT2D eigenvalue weighted by Crippen LogP contribution is -2.45. The van der Waals surface area contributed by atoms with Crippen molar-refractivity contribution in [2.24, 2.45) is 22.9 Å². The van der Waals surface area contributed by atoms with E-state index >= 15 is 0 Å². The first kappa shape index (κ1) is 32.1. The van der Waals surface area contributed by atoms with Crippen molar-refractivity contribution in [1.29, 1.82) is 5.26 Å².